The lowest BCUT2D eigenvalue weighted by molar-refractivity contribution is -0.147. The van der Waals surface area contributed by atoms with E-state index in [0.717, 1.165) is 10.2 Å². The number of aromatic nitrogens is 1. The van der Waals surface area contributed by atoms with Crippen molar-refractivity contribution in [2.75, 3.05) is 19.0 Å². The molecule has 1 N–H and O–H groups in total. The Kier molecular flexibility index (Phi) is 7.30. The third-order valence-corrected chi connectivity index (χ3v) is 4.95. The molecule has 33 heavy (non-hydrogen) atoms. The molecule has 3 aromatic rings. The molecule has 0 aliphatic rings. The van der Waals surface area contributed by atoms with Crippen molar-refractivity contribution in [1.29, 1.82) is 0 Å². The third-order valence-electron chi connectivity index (χ3n) is 4.00. The SMILES string of the molecule is COc1cc(C(=O)C#CC(=O)OC(C)(C)C)ccc1OCC(=O)Nc1nc2ccccc2s1. The number of esters is 1. The van der Waals surface area contributed by atoms with Gasteiger partial charge in [-0.3, -0.25) is 14.9 Å². The predicted molar refractivity (Wildman–Crippen MR) is 125 cm³/mol. The highest BCUT2D eigenvalue weighted by Gasteiger charge is 2.16. The number of fused-ring (bicyclic) bond motifs is 1. The largest absolute Gasteiger partial charge is 0.493 e. The molecule has 3 rings (SSSR count). The summed E-state index contributed by atoms with van der Waals surface area (Å²) in [7, 11) is 1.41. The quantitative estimate of drug-likeness (QED) is 0.193. The van der Waals surface area contributed by atoms with Crippen LogP contribution in [0, 0.1) is 11.8 Å². The Bertz CT molecular complexity index is 1230. The number of para-hydroxylation sites is 1. The number of carbonyl (C=O) groups excluding carboxylic acids is 3. The lowest BCUT2D eigenvalue weighted by Crippen LogP contribution is -2.22. The minimum Gasteiger partial charge on any atom is -0.493 e. The van der Waals surface area contributed by atoms with E-state index in [1.807, 2.05) is 24.3 Å². The average Bonchev–Trinajstić information content (AvgIpc) is 3.16. The zero-order valence-corrected chi connectivity index (χ0v) is 19.4. The number of rotatable bonds is 6. The summed E-state index contributed by atoms with van der Waals surface area (Å²) in [6.07, 6.45) is 0. The number of amides is 1. The van der Waals surface area contributed by atoms with E-state index < -0.39 is 17.4 Å². The fourth-order valence-corrected chi connectivity index (χ4v) is 3.52. The highest BCUT2D eigenvalue weighted by Crippen LogP contribution is 2.29. The molecule has 2 aromatic carbocycles. The van der Waals surface area contributed by atoms with Gasteiger partial charge in [0.1, 0.15) is 5.60 Å². The molecule has 1 heterocycles. The van der Waals surface area contributed by atoms with E-state index >= 15 is 0 Å². The molecular formula is C24H22N2O6S. The minimum absolute atomic E-state index is 0.203. The van der Waals surface area contributed by atoms with E-state index in [1.165, 1.54) is 36.6 Å². The van der Waals surface area contributed by atoms with Gasteiger partial charge in [-0.25, -0.2) is 9.78 Å². The molecule has 0 saturated carbocycles. The molecular weight excluding hydrogens is 444 g/mol. The molecule has 0 unspecified atom stereocenters. The number of thiazole rings is 1. The Morgan fingerprint density at radius 3 is 2.52 bits per heavy atom. The lowest BCUT2D eigenvalue weighted by atomic mass is 10.1. The second-order valence-corrected chi connectivity index (χ2v) is 8.80. The Morgan fingerprint density at radius 2 is 1.82 bits per heavy atom. The van der Waals surface area contributed by atoms with Crippen LogP contribution in [-0.4, -0.2) is 42.0 Å². The van der Waals surface area contributed by atoms with Crippen molar-refractivity contribution in [3.8, 4) is 23.3 Å². The Labute approximate surface area is 194 Å². The maximum Gasteiger partial charge on any atom is 0.385 e. The van der Waals surface area contributed by atoms with Crippen LogP contribution in [0.4, 0.5) is 5.13 Å². The Morgan fingerprint density at radius 1 is 1.06 bits per heavy atom. The van der Waals surface area contributed by atoms with Crippen molar-refractivity contribution in [2.24, 2.45) is 0 Å². The minimum atomic E-state index is -0.790. The summed E-state index contributed by atoms with van der Waals surface area (Å²) >= 11 is 1.36. The van der Waals surface area contributed by atoms with Gasteiger partial charge in [0.2, 0.25) is 5.78 Å². The fourth-order valence-electron chi connectivity index (χ4n) is 2.64. The first-order valence-corrected chi connectivity index (χ1v) is 10.7. The summed E-state index contributed by atoms with van der Waals surface area (Å²) in [5.41, 5.74) is 0.306. The zero-order chi connectivity index (χ0) is 24.0. The molecule has 0 atom stereocenters. The smallest absolute Gasteiger partial charge is 0.385 e. The van der Waals surface area contributed by atoms with Crippen molar-refractivity contribution < 1.29 is 28.6 Å². The van der Waals surface area contributed by atoms with Gasteiger partial charge in [0.15, 0.2) is 23.2 Å². The topological polar surface area (TPSA) is 104 Å². The number of ketones is 1. The number of nitrogens with one attached hydrogen (secondary N) is 1. The van der Waals surface area contributed by atoms with Crippen LogP contribution < -0.4 is 14.8 Å². The highest BCUT2D eigenvalue weighted by molar-refractivity contribution is 7.22. The van der Waals surface area contributed by atoms with Crippen LogP contribution >= 0.6 is 11.3 Å². The van der Waals surface area contributed by atoms with Crippen molar-refractivity contribution >= 4 is 44.3 Å². The molecule has 0 bridgehead atoms. The molecule has 9 heteroatoms. The summed E-state index contributed by atoms with van der Waals surface area (Å²) in [5, 5.41) is 3.17. The van der Waals surface area contributed by atoms with E-state index in [0.29, 0.717) is 5.13 Å². The number of nitrogens with zero attached hydrogens (tertiary/aromatic N) is 1. The van der Waals surface area contributed by atoms with Gasteiger partial charge in [0.05, 0.1) is 17.3 Å². The maximum absolute atomic E-state index is 12.3. The van der Waals surface area contributed by atoms with Crippen LogP contribution in [0.3, 0.4) is 0 Å². The highest BCUT2D eigenvalue weighted by atomic mass is 32.1. The molecule has 0 spiro atoms. The van der Waals surface area contributed by atoms with Gasteiger partial charge in [0, 0.05) is 11.5 Å². The average molecular weight is 467 g/mol. The van der Waals surface area contributed by atoms with Gasteiger partial charge in [0.25, 0.3) is 5.91 Å². The summed E-state index contributed by atoms with van der Waals surface area (Å²) in [6, 6.07) is 11.9. The number of ether oxygens (including phenoxy) is 3. The summed E-state index contributed by atoms with van der Waals surface area (Å²) < 4.78 is 16.8. The molecule has 0 fully saturated rings. The first-order chi connectivity index (χ1) is 15.6. The molecule has 1 aromatic heterocycles. The van der Waals surface area contributed by atoms with Crippen molar-refractivity contribution in [2.45, 2.75) is 26.4 Å². The number of carbonyl (C=O) groups is 3. The molecule has 170 valence electrons. The van der Waals surface area contributed by atoms with E-state index in [-0.39, 0.29) is 29.6 Å². The molecule has 0 saturated heterocycles. The molecule has 0 aliphatic carbocycles. The van der Waals surface area contributed by atoms with Gasteiger partial charge >= 0.3 is 5.97 Å². The second kappa shape index (κ2) is 10.1. The van der Waals surface area contributed by atoms with Gasteiger partial charge < -0.3 is 14.2 Å². The van der Waals surface area contributed by atoms with Crippen molar-refractivity contribution in [1.82, 2.24) is 4.98 Å². The summed E-state index contributed by atoms with van der Waals surface area (Å²) in [6.45, 7) is 4.84. The first-order valence-electron chi connectivity index (χ1n) is 9.90. The molecule has 0 radical (unpaired) electrons. The van der Waals surface area contributed by atoms with Gasteiger partial charge in [-0.05, 0) is 57.0 Å². The van der Waals surface area contributed by atoms with E-state index in [2.05, 4.69) is 22.1 Å². The zero-order valence-electron chi connectivity index (χ0n) is 18.6. The van der Waals surface area contributed by atoms with Crippen molar-refractivity contribution in [3.05, 3.63) is 48.0 Å². The van der Waals surface area contributed by atoms with Crippen LogP contribution in [0.25, 0.3) is 10.2 Å². The fraction of sp³-hybridized carbons (Fsp3) is 0.250. The Hall–Kier alpha value is -3.90. The van der Waals surface area contributed by atoms with Crippen molar-refractivity contribution in [3.63, 3.8) is 0 Å². The van der Waals surface area contributed by atoms with Gasteiger partial charge in [-0.2, -0.15) is 0 Å². The summed E-state index contributed by atoms with van der Waals surface area (Å²) in [4.78, 5) is 40.6. The number of hydrogen-bond donors (Lipinski definition) is 1. The maximum atomic E-state index is 12.3. The van der Waals surface area contributed by atoms with Crippen LogP contribution in [0.1, 0.15) is 31.1 Å². The van der Waals surface area contributed by atoms with E-state index in [4.69, 9.17) is 14.2 Å². The monoisotopic (exact) mass is 466 g/mol. The second-order valence-electron chi connectivity index (χ2n) is 7.77. The number of hydrogen-bond acceptors (Lipinski definition) is 8. The first kappa shape index (κ1) is 23.8. The molecule has 1 amide bonds. The third kappa shape index (κ3) is 6.79. The summed E-state index contributed by atoms with van der Waals surface area (Å²) in [5.74, 6) is 3.17. The standard InChI is InChI=1S/C24H22N2O6S/c1-24(2,3)32-22(29)12-10-17(27)15-9-11-18(19(13-15)30-4)31-14-21(28)26-23-25-16-7-5-6-8-20(16)33-23/h5-9,11,13H,14H2,1-4H3,(H,25,26,28). The van der Waals surface area contributed by atoms with Crippen LogP contribution in [0.2, 0.25) is 0 Å². The van der Waals surface area contributed by atoms with Gasteiger partial charge in [-0.15, -0.1) is 0 Å². The Balaban J connectivity index is 1.61. The molecule has 8 nitrogen and oxygen atoms in total. The number of anilines is 1. The van der Waals surface area contributed by atoms with E-state index in [9.17, 15) is 14.4 Å². The number of Topliss-reactive ketones (excluding diaryl/α,β-unsaturated/α-hetero) is 1. The predicted octanol–water partition coefficient (Wildman–Crippen LogP) is 3.85. The van der Waals surface area contributed by atoms with Crippen LogP contribution in [-0.2, 0) is 14.3 Å². The lowest BCUT2D eigenvalue weighted by Gasteiger charge is -2.16. The van der Waals surface area contributed by atoms with Crippen LogP contribution in [0.5, 0.6) is 11.5 Å². The number of methoxy groups -OCH3 is 1. The van der Waals surface area contributed by atoms with E-state index in [1.54, 1.807) is 20.8 Å². The number of benzene rings is 2. The normalized spacial score (nSPS) is 10.7. The molecule has 0 aliphatic heterocycles. The van der Waals surface area contributed by atoms with Crippen LogP contribution in [0.15, 0.2) is 42.5 Å². The van der Waals surface area contributed by atoms with Gasteiger partial charge in [-0.1, -0.05) is 23.5 Å².